The third-order valence-electron chi connectivity index (χ3n) is 1.94. The van der Waals surface area contributed by atoms with E-state index in [1.807, 2.05) is 0 Å². The van der Waals surface area contributed by atoms with Gasteiger partial charge in [-0.1, -0.05) is 20.4 Å². The number of sulfone groups is 1. The normalized spacial score (nSPS) is 11.0. The number of nitrogens with one attached hydrogen (secondary N) is 2. The quantitative estimate of drug-likeness (QED) is 0.620. The number of carbonyl (C=O) groups is 2. The fraction of sp³-hybridized carbons (Fsp3) is 0.600. The maximum absolute atomic E-state index is 11.2. The molecule has 0 aromatic carbocycles. The van der Waals surface area contributed by atoms with E-state index in [1.165, 1.54) is 0 Å². The van der Waals surface area contributed by atoms with Gasteiger partial charge in [0.15, 0.2) is 9.84 Å². The van der Waals surface area contributed by atoms with Crippen molar-refractivity contribution in [3.63, 3.8) is 0 Å². The SMILES string of the molecule is C=CS(=O)(=O)CCC(=O)NCNC(=O)C(C)C. The Hall–Kier alpha value is -1.37. The van der Waals surface area contributed by atoms with Gasteiger partial charge in [-0.2, -0.15) is 0 Å². The van der Waals surface area contributed by atoms with Gasteiger partial charge in [-0.25, -0.2) is 8.42 Å². The van der Waals surface area contributed by atoms with Crippen LogP contribution in [-0.2, 0) is 19.4 Å². The van der Waals surface area contributed by atoms with E-state index in [2.05, 4.69) is 17.2 Å². The zero-order chi connectivity index (χ0) is 13.5. The van der Waals surface area contributed by atoms with Crippen molar-refractivity contribution < 1.29 is 18.0 Å². The average Bonchev–Trinajstić information content (AvgIpc) is 2.26. The Labute approximate surface area is 101 Å². The van der Waals surface area contributed by atoms with Crippen LogP contribution in [0.15, 0.2) is 12.0 Å². The minimum atomic E-state index is -3.35. The molecule has 0 aliphatic carbocycles. The summed E-state index contributed by atoms with van der Waals surface area (Å²) in [4.78, 5) is 22.3. The summed E-state index contributed by atoms with van der Waals surface area (Å²) in [5.74, 6) is -1.04. The second-order valence-corrected chi connectivity index (χ2v) is 5.82. The molecule has 0 aromatic heterocycles. The van der Waals surface area contributed by atoms with Gasteiger partial charge in [0.25, 0.3) is 0 Å². The first kappa shape index (κ1) is 15.6. The van der Waals surface area contributed by atoms with Gasteiger partial charge in [0.2, 0.25) is 11.8 Å². The summed E-state index contributed by atoms with van der Waals surface area (Å²) in [5.41, 5.74) is 0. The molecule has 0 aliphatic heterocycles. The van der Waals surface area contributed by atoms with Crippen LogP contribution in [0.4, 0.5) is 0 Å². The highest BCUT2D eigenvalue weighted by Gasteiger charge is 2.10. The van der Waals surface area contributed by atoms with Crippen molar-refractivity contribution in [1.29, 1.82) is 0 Å². The lowest BCUT2D eigenvalue weighted by Crippen LogP contribution is -2.39. The van der Waals surface area contributed by atoms with Crippen molar-refractivity contribution in [2.75, 3.05) is 12.4 Å². The predicted molar refractivity (Wildman–Crippen MR) is 64.6 cm³/mol. The maximum atomic E-state index is 11.2. The van der Waals surface area contributed by atoms with Crippen LogP contribution < -0.4 is 10.6 Å². The van der Waals surface area contributed by atoms with E-state index in [1.54, 1.807) is 13.8 Å². The number of rotatable bonds is 7. The number of hydrogen-bond donors (Lipinski definition) is 2. The molecule has 0 fully saturated rings. The third-order valence-corrected chi connectivity index (χ3v) is 3.22. The Morgan fingerprint density at radius 3 is 2.35 bits per heavy atom. The van der Waals surface area contributed by atoms with Gasteiger partial charge >= 0.3 is 0 Å². The van der Waals surface area contributed by atoms with Crippen molar-refractivity contribution in [3.8, 4) is 0 Å². The molecule has 98 valence electrons. The molecule has 17 heavy (non-hydrogen) atoms. The van der Waals surface area contributed by atoms with E-state index in [0.29, 0.717) is 0 Å². The molecule has 0 heterocycles. The zero-order valence-electron chi connectivity index (χ0n) is 10.0. The van der Waals surface area contributed by atoms with Gasteiger partial charge in [-0.05, 0) is 0 Å². The molecular weight excluding hydrogens is 244 g/mol. The fourth-order valence-electron chi connectivity index (χ4n) is 0.841. The standard InChI is InChI=1S/C10H18N2O4S/c1-4-17(15,16)6-5-9(13)11-7-12-10(14)8(2)3/h4,8H,1,5-7H2,2-3H3,(H,11,13)(H,12,14). The van der Waals surface area contributed by atoms with Crippen LogP contribution in [0, 0.1) is 5.92 Å². The van der Waals surface area contributed by atoms with Crippen LogP contribution >= 0.6 is 0 Å². The van der Waals surface area contributed by atoms with Gasteiger partial charge in [0, 0.05) is 17.7 Å². The summed E-state index contributed by atoms with van der Waals surface area (Å²) < 4.78 is 22.0. The van der Waals surface area contributed by atoms with Crippen LogP contribution in [0.5, 0.6) is 0 Å². The van der Waals surface area contributed by atoms with Gasteiger partial charge in [-0.15, -0.1) is 0 Å². The minimum absolute atomic E-state index is 0.00395. The highest BCUT2D eigenvalue weighted by atomic mass is 32.2. The molecule has 6 nitrogen and oxygen atoms in total. The third kappa shape index (κ3) is 7.51. The summed E-state index contributed by atoms with van der Waals surface area (Å²) in [7, 11) is -3.35. The Kier molecular flexibility index (Phi) is 6.48. The number of hydrogen-bond acceptors (Lipinski definition) is 4. The summed E-state index contributed by atoms with van der Waals surface area (Å²) in [6.07, 6.45) is -0.147. The van der Waals surface area contributed by atoms with Crippen LogP contribution in [0.25, 0.3) is 0 Å². The second-order valence-electron chi connectivity index (χ2n) is 3.76. The van der Waals surface area contributed by atoms with Crippen molar-refractivity contribution in [2.24, 2.45) is 5.92 Å². The minimum Gasteiger partial charge on any atom is -0.339 e. The van der Waals surface area contributed by atoms with Gasteiger partial charge < -0.3 is 10.6 Å². The second kappa shape index (κ2) is 7.05. The van der Waals surface area contributed by atoms with Gasteiger partial charge in [0.1, 0.15) is 0 Å². The molecular formula is C10H18N2O4S. The molecule has 0 saturated heterocycles. The molecule has 2 amide bonds. The highest BCUT2D eigenvalue weighted by Crippen LogP contribution is 1.94. The topological polar surface area (TPSA) is 92.3 Å². The van der Waals surface area contributed by atoms with Crippen LogP contribution in [0.2, 0.25) is 0 Å². The first-order chi connectivity index (χ1) is 7.78. The molecule has 0 spiro atoms. The van der Waals surface area contributed by atoms with Crippen LogP contribution in [0.3, 0.4) is 0 Å². The summed E-state index contributed by atoms with van der Waals surface area (Å²) in [6.45, 7) is 6.60. The van der Waals surface area contributed by atoms with Crippen LogP contribution in [0.1, 0.15) is 20.3 Å². The fourth-order valence-corrected chi connectivity index (χ4v) is 1.48. The Morgan fingerprint density at radius 1 is 1.29 bits per heavy atom. The van der Waals surface area contributed by atoms with E-state index in [0.717, 1.165) is 5.41 Å². The first-order valence-corrected chi connectivity index (χ1v) is 6.89. The Morgan fingerprint density at radius 2 is 1.88 bits per heavy atom. The summed E-state index contributed by atoms with van der Waals surface area (Å²) in [6, 6.07) is 0. The molecule has 0 bridgehead atoms. The predicted octanol–water partition coefficient (Wildman–Crippen LogP) is -0.219. The van der Waals surface area contributed by atoms with Crippen molar-refractivity contribution in [1.82, 2.24) is 10.6 Å². The molecule has 0 aromatic rings. The van der Waals surface area contributed by atoms with Gasteiger partial charge in [-0.3, -0.25) is 9.59 Å². The molecule has 0 aliphatic rings. The number of carbonyl (C=O) groups excluding carboxylic acids is 2. The van der Waals surface area contributed by atoms with Crippen molar-refractivity contribution in [3.05, 3.63) is 12.0 Å². The van der Waals surface area contributed by atoms with Crippen molar-refractivity contribution in [2.45, 2.75) is 20.3 Å². The molecule has 0 rings (SSSR count). The van der Waals surface area contributed by atoms with E-state index in [9.17, 15) is 18.0 Å². The monoisotopic (exact) mass is 262 g/mol. The van der Waals surface area contributed by atoms with Crippen LogP contribution in [-0.4, -0.2) is 32.7 Å². The maximum Gasteiger partial charge on any atom is 0.223 e. The molecule has 2 N–H and O–H groups in total. The molecule has 0 saturated carbocycles. The van der Waals surface area contributed by atoms with Crippen molar-refractivity contribution >= 4 is 21.7 Å². The van der Waals surface area contributed by atoms with Gasteiger partial charge in [0.05, 0.1) is 12.4 Å². The first-order valence-electron chi connectivity index (χ1n) is 5.18. The number of amides is 2. The molecule has 7 heteroatoms. The largest absolute Gasteiger partial charge is 0.339 e. The summed E-state index contributed by atoms with van der Waals surface area (Å²) in [5, 5.41) is 5.70. The average molecular weight is 262 g/mol. The Bertz CT molecular complexity index is 387. The lowest BCUT2D eigenvalue weighted by Gasteiger charge is -2.08. The lowest BCUT2D eigenvalue weighted by molar-refractivity contribution is -0.124. The van der Waals surface area contributed by atoms with E-state index < -0.39 is 15.7 Å². The zero-order valence-corrected chi connectivity index (χ0v) is 10.8. The van der Waals surface area contributed by atoms with E-state index >= 15 is 0 Å². The highest BCUT2D eigenvalue weighted by molar-refractivity contribution is 7.94. The molecule has 0 atom stereocenters. The molecule has 0 unspecified atom stereocenters. The van der Waals surface area contributed by atoms with E-state index in [-0.39, 0.29) is 30.7 Å². The molecule has 0 radical (unpaired) electrons. The summed E-state index contributed by atoms with van der Waals surface area (Å²) >= 11 is 0. The lowest BCUT2D eigenvalue weighted by atomic mass is 10.2. The Balaban J connectivity index is 3.82. The van der Waals surface area contributed by atoms with E-state index in [4.69, 9.17) is 0 Å². The smallest absolute Gasteiger partial charge is 0.223 e.